The summed E-state index contributed by atoms with van der Waals surface area (Å²) in [7, 11) is 0. The molecule has 5 rings (SSSR count). The molecule has 55 heavy (non-hydrogen) atoms. The van der Waals surface area contributed by atoms with Gasteiger partial charge in [-0.15, -0.1) is 0 Å². The van der Waals surface area contributed by atoms with E-state index in [1.54, 1.807) is 38.1 Å². The molecule has 0 radical (unpaired) electrons. The van der Waals surface area contributed by atoms with E-state index in [2.05, 4.69) is 25.9 Å². The summed E-state index contributed by atoms with van der Waals surface area (Å²) in [5.41, 5.74) is 1.97. The number of thioether (sulfide) groups is 1. The third-order valence-electron chi connectivity index (χ3n) is 10.8. The number of carbonyl (C=O) groups excluding carboxylic acids is 3. The number of aliphatic hydroxyl groups excluding tert-OH is 2. The quantitative estimate of drug-likeness (QED) is 0.0459. The van der Waals surface area contributed by atoms with Crippen molar-refractivity contribution in [2.75, 3.05) is 5.94 Å². The summed E-state index contributed by atoms with van der Waals surface area (Å²) >= 11 is 1.51. The smallest absolute Gasteiger partial charge is 0.255 e. The highest BCUT2D eigenvalue weighted by Gasteiger charge is 2.41. The largest absolute Gasteiger partial charge is 0.482 e. The molecular weight excluding hydrogens is 715 g/mol. The van der Waals surface area contributed by atoms with E-state index in [1.165, 1.54) is 11.8 Å². The molecule has 0 aliphatic heterocycles. The maximum Gasteiger partial charge on any atom is 0.255 e. The van der Waals surface area contributed by atoms with E-state index >= 15 is 0 Å². The number of ether oxygens (including phenoxy) is 1. The topological polar surface area (TPSA) is 166 Å². The van der Waals surface area contributed by atoms with Gasteiger partial charge in [0, 0.05) is 4.90 Å². The second kappa shape index (κ2) is 20.5. The molecule has 6 atom stereocenters. The monoisotopic (exact) mass is 771 g/mol. The number of aliphatic hydroxyl groups is 2. The molecular formula is C43H57N5O6S. The van der Waals surface area contributed by atoms with E-state index in [0.29, 0.717) is 35.9 Å². The van der Waals surface area contributed by atoms with Gasteiger partial charge in [-0.25, -0.2) is 4.98 Å². The summed E-state index contributed by atoms with van der Waals surface area (Å²) in [6, 6.07) is 22.7. The second-order valence-electron chi connectivity index (χ2n) is 15.1. The van der Waals surface area contributed by atoms with Crippen LogP contribution in [0.2, 0.25) is 0 Å². The van der Waals surface area contributed by atoms with Gasteiger partial charge in [0.05, 0.1) is 41.2 Å². The number of hydrogen-bond donors (Lipinski definition) is 6. The lowest BCUT2D eigenvalue weighted by molar-refractivity contribution is -0.140. The molecule has 3 aromatic carbocycles. The van der Waals surface area contributed by atoms with Crippen molar-refractivity contribution in [3.8, 4) is 5.75 Å². The zero-order valence-electron chi connectivity index (χ0n) is 32.4. The normalized spacial score (nSPS) is 16.8. The van der Waals surface area contributed by atoms with Crippen LogP contribution in [-0.4, -0.2) is 68.1 Å². The Hall–Kier alpha value is -4.39. The van der Waals surface area contributed by atoms with Gasteiger partial charge in [-0.05, 0) is 60.6 Å². The lowest BCUT2D eigenvalue weighted by Crippen LogP contribution is -2.57. The average molecular weight is 772 g/mol. The number of para-hydroxylation sites is 3. The number of nitrogens with zero attached hydrogens (tertiary/aromatic N) is 1. The Bertz CT molecular complexity index is 1800. The molecule has 296 valence electrons. The van der Waals surface area contributed by atoms with E-state index < -0.39 is 47.9 Å². The van der Waals surface area contributed by atoms with Crippen molar-refractivity contribution in [3.63, 3.8) is 0 Å². The van der Waals surface area contributed by atoms with Gasteiger partial charge in [-0.3, -0.25) is 14.4 Å². The van der Waals surface area contributed by atoms with E-state index in [1.807, 2.05) is 68.4 Å². The molecule has 3 amide bonds. The first-order chi connectivity index (χ1) is 26.5. The molecule has 0 bridgehead atoms. The van der Waals surface area contributed by atoms with Crippen LogP contribution in [0.1, 0.15) is 88.8 Å². The maximum atomic E-state index is 14.1. The van der Waals surface area contributed by atoms with Gasteiger partial charge >= 0.3 is 0 Å². The number of carbonyl (C=O) groups is 3. The third-order valence-corrected chi connectivity index (χ3v) is 11.6. The number of nitrogens with one attached hydrogen (secondary N) is 4. The number of aromatic amines is 1. The van der Waals surface area contributed by atoms with E-state index in [0.717, 1.165) is 48.0 Å². The highest BCUT2D eigenvalue weighted by atomic mass is 32.2. The number of imidazole rings is 1. The minimum Gasteiger partial charge on any atom is -0.482 e. The number of hydrogen-bond acceptors (Lipinski definition) is 8. The first-order valence-corrected chi connectivity index (χ1v) is 20.6. The fourth-order valence-corrected chi connectivity index (χ4v) is 8.07. The minimum absolute atomic E-state index is 0.147. The number of fused-ring (bicyclic) bond motifs is 1. The number of amides is 3. The van der Waals surface area contributed by atoms with Crippen LogP contribution in [-0.2, 0) is 16.1 Å². The summed E-state index contributed by atoms with van der Waals surface area (Å²) < 4.78 is 6.04. The molecule has 1 aliphatic carbocycles. The van der Waals surface area contributed by atoms with Crippen LogP contribution in [0.4, 0.5) is 0 Å². The van der Waals surface area contributed by atoms with Crippen LogP contribution >= 0.6 is 11.8 Å². The first kappa shape index (κ1) is 41.8. The molecule has 0 spiro atoms. The molecule has 0 unspecified atom stereocenters. The lowest BCUT2D eigenvalue weighted by Gasteiger charge is -2.36. The van der Waals surface area contributed by atoms with E-state index in [4.69, 9.17) is 4.74 Å². The molecule has 6 N–H and O–H groups in total. The summed E-state index contributed by atoms with van der Waals surface area (Å²) in [6.07, 6.45) is 3.25. The van der Waals surface area contributed by atoms with Crippen molar-refractivity contribution in [2.24, 2.45) is 23.7 Å². The zero-order valence-corrected chi connectivity index (χ0v) is 33.2. The highest BCUT2D eigenvalue weighted by molar-refractivity contribution is 7.99. The number of H-pyrrole nitrogens is 1. The van der Waals surface area contributed by atoms with Crippen molar-refractivity contribution in [2.45, 2.75) is 108 Å². The molecule has 1 aromatic heterocycles. The molecule has 1 aliphatic rings. The molecule has 11 nitrogen and oxygen atoms in total. The Morgan fingerprint density at radius 2 is 1.56 bits per heavy atom. The average Bonchev–Trinajstić information content (AvgIpc) is 3.62. The van der Waals surface area contributed by atoms with Gasteiger partial charge in [0.15, 0.2) is 0 Å². The van der Waals surface area contributed by atoms with Gasteiger partial charge < -0.3 is 35.9 Å². The first-order valence-electron chi connectivity index (χ1n) is 19.6. The zero-order chi connectivity index (χ0) is 39.3. The van der Waals surface area contributed by atoms with Crippen LogP contribution in [0.3, 0.4) is 0 Å². The van der Waals surface area contributed by atoms with Crippen LogP contribution < -0.4 is 20.7 Å². The van der Waals surface area contributed by atoms with E-state index in [9.17, 15) is 24.6 Å². The van der Waals surface area contributed by atoms with Crippen molar-refractivity contribution >= 4 is 40.5 Å². The van der Waals surface area contributed by atoms with Crippen LogP contribution in [0.25, 0.3) is 11.0 Å². The summed E-state index contributed by atoms with van der Waals surface area (Å²) in [5, 5.41) is 32.6. The van der Waals surface area contributed by atoms with Crippen molar-refractivity contribution < 1.29 is 29.3 Å². The molecule has 0 saturated heterocycles. The van der Waals surface area contributed by atoms with Crippen molar-refractivity contribution in [3.05, 3.63) is 90.3 Å². The standard InChI is InChI=1S/C43H57N5O6S/c1-5-28(4)38(43(53)44-25-36-45-32-21-13-14-22-33(32)46-36)48-42(52)37(27(2)3)40(50)39(49)34(24-29-16-8-6-9-17-29)47-41(51)31-20-12-15-23-35(31)54-26-55-30-18-10-7-11-19-30/h7,10-15,18-23,27-29,34,37-40,49-50H,5-6,8-9,16-17,24-26H2,1-4H3,(H,44,53)(H,45,46)(H,47,51)(H,48,52)/t28-,34-,37+,38-,39+,40+/m0/s1. The van der Waals surface area contributed by atoms with Gasteiger partial charge in [0.2, 0.25) is 11.8 Å². The maximum absolute atomic E-state index is 14.1. The minimum atomic E-state index is -1.53. The molecule has 1 fully saturated rings. The fourth-order valence-electron chi connectivity index (χ4n) is 7.39. The van der Waals surface area contributed by atoms with Gasteiger partial charge in [0.1, 0.15) is 29.7 Å². The summed E-state index contributed by atoms with van der Waals surface area (Å²) in [6.45, 7) is 7.58. The van der Waals surface area contributed by atoms with Crippen molar-refractivity contribution in [1.82, 2.24) is 25.9 Å². The third kappa shape index (κ3) is 11.6. The van der Waals surface area contributed by atoms with Crippen LogP contribution in [0.15, 0.2) is 83.8 Å². The molecule has 12 heteroatoms. The fraction of sp³-hybridized carbons (Fsp3) is 0.488. The van der Waals surface area contributed by atoms with Crippen LogP contribution in [0, 0.1) is 23.7 Å². The molecule has 4 aromatic rings. The van der Waals surface area contributed by atoms with Gasteiger partial charge in [0.25, 0.3) is 5.91 Å². The number of rotatable bonds is 19. The van der Waals surface area contributed by atoms with Gasteiger partial charge in [-0.1, -0.05) is 120 Å². The predicted molar refractivity (Wildman–Crippen MR) is 216 cm³/mol. The Labute approximate surface area is 328 Å². The number of aromatic nitrogens is 2. The van der Waals surface area contributed by atoms with E-state index in [-0.39, 0.29) is 24.3 Å². The Morgan fingerprint density at radius 1 is 0.873 bits per heavy atom. The SMILES string of the molecule is CC[C@H](C)[C@H](NC(=O)[C@H](C(C)C)[C@@H](O)[C@H](O)[C@H](CC1CCCCC1)NC(=O)c1ccccc1OCSc1ccccc1)C(=O)NCc1nc2ccccc2[nH]1. The summed E-state index contributed by atoms with van der Waals surface area (Å²) in [5.74, 6) is -1.50. The van der Waals surface area contributed by atoms with Gasteiger partial charge in [-0.2, -0.15) is 0 Å². The lowest BCUT2D eigenvalue weighted by atomic mass is 9.79. The predicted octanol–water partition coefficient (Wildman–Crippen LogP) is 6.60. The second-order valence-corrected chi connectivity index (χ2v) is 16.1. The molecule has 1 saturated carbocycles. The Morgan fingerprint density at radius 3 is 2.27 bits per heavy atom. The van der Waals surface area contributed by atoms with Crippen molar-refractivity contribution in [1.29, 1.82) is 0 Å². The summed E-state index contributed by atoms with van der Waals surface area (Å²) in [4.78, 5) is 50.4. The Balaban J connectivity index is 1.29. The Kier molecular flexibility index (Phi) is 15.6. The number of benzene rings is 3. The highest BCUT2D eigenvalue weighted by Crippen LogP contribution is 2.31. The van der Waals surface area contributed by atoms with Crippen LogP contribution in [0.5, 0.6) is 5.75 Å². The molecule has 1 heterocycles.